The van der Waals surface area contributed by atoms with Crippen LogP contribution in [0.15, 0.2) is 24.3 Å². The smallest absolute Gasteiger partial charge is 0.258 e. The molecule has 0 aliphatic heterocycles. The highest BCUT2D eigenvalue weighted by Gasteiger charge is 2.41. The predicted octanol–water partition coefficient (Wildman–Crippen LogP) is 3.10. The van der Waals surface area contributed by atoms with Crippen LogP contribution in [0, 0.1) is 10.1 Å². The van der Waals surface area contributed by atoms with E-state index in [1.807, 2.05) is 0 Å². The molecule has 1 fully saturated rings. The third-order valence-corrected chi connectivity index (χ3v) is 5.13. The molecule has 3 nitrogen and oxygen atoms in total. The van der Waals surface area contributed by atoms with E-state index in [-0.39, 0.29) is 16.9 Å². The van der Waals surface area contributed by atoms with Crippen molar-refractivity contribution in [2.75, 3.05) is 0 Å². The molecule has 0 heterocycles. The normalized spacial score (nSPS) is 23.5. The number of hydrogen-bond donors (Lipinski definition) is 1. The van der Waals surface area contributed by atoms with Crippen LogP contribution in [0.5, 0.6) is 0 Å². The number of hydrogen-bond acceptors (Lipinski definition) is 6. The maximum absolute atomic E-state index is 11.0. The van der Waals surface area contributed by atoms with Crippen molar-refractivity contribution in [3.63, 3.8) is 0 Å². The van der Waals surface area contributed by atoms with Gasteiger partial charge in [0.1, 0.15) is 0 Å². The molecule has 1 aliphatic carbocycles. The van der Waals surface area contributed by atoms with Gasteiger partial charge in [0.15, 0.2) is 0 Å². The summed E-state index contributed by atoms with van der Waals surface area (Å²) in [6, 6.07) is 6.47. The Hall–Kier alpha value is -0.760. The molecule has 2 unspecified atom stereocenters. The Balaban J connectivity index is 2.56. The summed E-state index contributed by atoms with van der Waals surface area (Å²) in [5, 5.41) is 10.7. The van der Waals surface area contributed by atoms with Gasteiger partial charge >= 0.3 is 0 Å². The van der Waals surface area contributed by atoms with Gasteiger partial charge in [-0.1, -0.05) is 54.9 Å². The van der Waals surface area contributed by atoms with Crippen molar-refractivity contribution in [1.82, 2.24) is 0 Å². The molecule has 7 heteroatoms. The highest BCUT2D eigenvalue weighted by Crippen LogP contribution is 2.38. The van der Waals surface area contributed by atoms with Crippen LogP contribution in [0.1, 0.15) is 11.5 Å². The number of para-hydroxylation sites is 1. The summed E-state index contributed by atoms with van der Waals surface area (Å²) in [4.78, 5) is 12.0. The number of benzene rings is 1. The van der Waals surface area contributed by atoms with Crippen molar-refractivity contribution in [3.05, 3.63) is 39.9 Å². The van der Waals surface area contributed by atoms with E-state index in [1.54, 1.807) is 18.2 Å². The van der Waals surface area contributed by atoms with Crippen LogP contribution in [0.4, 0.5) is 5.69 Å². The van der Waals surface area contributed by atoms with E-state index in [0.29, 0.717) is 20.2 Å². The van der Waals surface area contributed by atoms with Crippen LogP contribution in [0.2, 0.25) is 0 Å². The van der Waals surface area contributed by atoms with Gasteiger partial charge in [0, 0.05) is 27.3 Å². The lowest BCUT2D eigenvalue weighted by Crippen LogP contribution is -2.15. The van der Waals surface area contributed by atoms with Crippen molar-refractivity contribution >= 4 is 69.6 Å². The largest absolute Gasteiger partial charge is 0.273 e. The fraction of sp³-hybridized carbons (Fsp3) is 0.182. The minimum atomic E-state index is -0.428. The lowest BCUT2D eigenvalue weighted by molar-refractivity contribution is -0.385. The van der Waals surface area contributed by atoms with Gasteiger partial charge in [-0.3, -0.25) is 10.1 Å². The van der Waals surface area contributed by atoms with E-state index in [2.05, 4.69) is 12.6 Å². The van der Waals surface area contributed by atoms with Crippen molar-refractivity contribution in [1.29, 1.82) is 0 Å². The summed E-state index contributed by atoms with van der Waals surface area (Å²) in [5.41, 5.74) is 0.547. The molecule has 0 aromatic heterocycles. The first kappa shape index (κ1) is 13.7. The van der Waals surface area contributed by atoms with Crippen LogP contribution in [-0.4, -0.2) is 24.8 Å². The van der Waals surface area contributed by atoms with Gasteiger partial charge in [-0.2, -0.15) is 12.6 Å². The predicted molar refractivity (Wildman–Crippen MR) is 86.4 cm³/mol. The topological polar surface area (TPSA) is 43.1 Å². The molecule has 0 radical (unpaired) electrons. The zero-order valence-electron chi connectivity index (χ0n) is 8.90. The Morgan fingerprint density at radius 1 is 1.17 bits per heavy atom. The maximum atomic E-state index is 11.0. The SMILES string of the molecule is O=[N+]([O-])c1ccccc1C1C(=S)C(=S)C(=S)C1S. The summed E-state index contributed by atoms with van der Waals surface area (Å²) in [5.74, 6) is -0.384. The first-order valence-corrected chi connectivity index (χ1v) is 6.73. The molecule has 0 saturated heterocycles. The van der Waals surface area contributed by atoms with E-state index in [4.69, 9.17) is 36.7 Å². The zero-order valence-corrected chi connectivity index (χ0v) is 12.2. The monoisotopic (exact) mass is 313 g/mol. The van der Waals surface area contributed by atoms with Gasteiger partial charge in [0.2, 0.25) is 0 Å². The number of thiocarbonyl (C=S) groups is 3. The number of rotatable bonds is 2. The summed E-state index contributed by atoms with van der Waals surface area (Å²) < 4.78 is 0. The van der Waals surface area contributed by atoms with Gasteiger partial charge in [-0.05, 0) is 0 Å². The molecule has 1 aliphatic rings. The Morgan fingerprint density at radius 2 is 1.78 bits per heavy atom. The minimum Gasteiger partial charge on any atom is -0.258 e. The molecule has 0 N–H and O–H groups in total. The van der Waals surface area contributed by atoms with E-state index < -0.39 is 4.92 Å². The van der Waals surface area contributed by atoms with Crippen molar-refractivity contribution in [2.24, 2.45) is 0 Å². The standard InChI is InChI=1S/C11H7NO2S4/c13-12(14)6-4-2-1-3-5(6)7-8(15)10(17)11(18)9(7)16/h1-4,7-8,15H. The Labute approximate surface area is 125 Å². The average molecular weight is 313 g/mol. The van der Waals surface area contributed by atoms with Gasteiger partial charge in [-0.25, -0.2) is 0 Å². The van der Waals surface area contributed by atoms with Crippen LogP contribution in [0.3, 0.4) is 0 Å². The van der Waals surface area contributed by atoms with E-state index in [1.165, 1.54) is 6.07 Å². The third kappa shape index (κ3) is 2.11. The number of thiol groups is 1. The van der Waals surface area contributed by atoms with Crippen molar-refractivity contribution in [3.8, 4) is 0 Å². The molecular weight excluding hydrogens is 306 g/mol. The minimum absolute atomic E-state index is 0.0244. The number of nitro benzene ring substituents is 1. The molecule has 18 heavy (non-hydrogen) atoms. The summed E-state index contributed by atoms with van der Waals surface area (Å²) >= 11 is 19.9. The van der Waals surface area contributed by atoms with Gasteiger partial charge in [0.05, 0.1) is 15.0 Å². The molecule has 2 rings (SSSR count). The molecule has 0 amide bonds. The molecule has 1 saturated carbocycles. The van der Waals surface area contributed by atoms with Crippen molar-refractivity contribution < 1.29 is 4.92 Å². The highest BCUT2D eigenvalue weighted by molar-refractivity contribution is 7.97. The quantitative estimate of drug-likeness (QED) is 0.393. The maximum Gasteiger partial charge on any atom is 0.273 e. The van der Waals surface area contributed by atoms with Gasteiger partial charge in [0.25, 0.3) is 5.69 Å². The molecular formula is C11H7NO2S4. The van der Waals surface area contributed by atoms with E-state index >= 15 is 0 Å². The van der Waals surface area contributed by atoms with Gasteiger partial charge in [-0.15, -0.1) is 0 Å². The second-order valence-corrected chi connectivity index (χ2v) is 5.64. The second-order valence-electron chi connectivity index (χ2n) is 3.80. The van der Waals surface area contributed by atoms with Crippen molar-refractivity contribution in [2.45, 2.75) is 11.2 Å². The number of nitrogens with zero attached hydrogens (tertiary/aromatic N) is 1. The first-order chi connectivity index (χ1) is 8.45. The molecule has 0 bridgehead atoms. The van der Waals surface area contributed by atoms with Crippen LogP contribution in [-0.2, 0) is 0 Å². The molecule has 1 aromatic carbocycles. The van der Waals surface area contributed by atoms with Crippen LogP contribution < -0.4 is 0 Å². The first-order valence-electron chi connectivity index (χ1n) is 4.99. The Bertz CT molecular complexity index is 584. The van der Waals surface area contributed by atoms with Gasteiger partial charge < -0.3 is 0 Å². The van der Waals surface area contributed by atoms with E-state index in [9.17, 15) is 10.1 Å². The summed E-state index contributed by atoms with van der Waals surface area (Å²) in [6.07, 6.45) is 0. The molecule has 92 valence electrons. The number of nitro groups is 1. The lowest BCUT2D eigenvalue weighted by atomic mass is 9.95. The average Bonchev–Trinajstić information content (AvgIpc) is 2.54. The van der Waals surface area contributed by atoms with Crippen LogP contribution >= 0.6 is 49.3 Å². The molecule has 0 spiro atoms. The lowest BCUT2D eigenvalue weighted by Gasteiger charge is -2.14. The van der Waals surface area contributed by atoms with E-state index in [0.717, 1.165) is 0 Å². The second kappa shape index (κ2) is 5.08. The van der Waals surface area contributed by atoms with Crippen LogP contribution in [0.25, 0.3) is 0 Å². The highest BCUT2D eigenvalue weighted by atomic mass is 32.1. The molecule has 2 atom stereocenters. The fourth-order valence-corrected chi connectivity index (χ4v) is 3.48. The Kier molecular flexibility index (Phi) is 3.86. The summed E-state index contributed by atoms with van der Waals surface area (Å²) in [7, 11) is 0. The zero-order chi connectivity index (χ0) is 13.4. The molecule has 1 aromatic rings. The third-order valence-electron chi connectivity index (χ3n) is 2.78. The fourth-order valence-electron chi connectivity index (χ4n) is 1.92. The Morgan fingerprint density at radius 3 is 2.28 bits per heavy atom. The summed E-state index contributed by atoms with van der Waals surface area (Å²) in [6.45, 7) is 0.